The monoisotopic (exact) mass is 202 g/mol. The molecule has 1 aromatic rings. The molecular weight excluding hydrogens is 198 g/mol. The normalized spacial score (nSPS) is 11.2. The molecule has 0 aliphatic rings. The highest BCUT2D eigenvalue weighted by Crippen LogP contribution is 2.22. The molecule has 0 spiro atoms. The van der Waals surface area contributed by atoms with E-state index < -0.39 is 25.6 Å². The first-order valence-electron chi connectivity index (χ1n) is 3.12. The van der Waals surface area contributed by atoms with Crippen molar-refractivity contribution in [1.29, 1.82) is 0 Å². The number of nitrogens with zero attached hydrogens (tertiary/aromatic N) is 1. The van der Waals surface area contributed by atoms with Crippen LogP contribution in [-0.4, -0.2) is 13.3 Å². The highest BCUT2D eigenvalue weighted by atomic mass is 32.2. The number of para-hydroxylation sites is 1. The number of benzene rings is 1. The molecule has 1 radical (unpaired) electrons. The number of hydrogen-bond acceptors (Lipinski definition) is 4. The van der Waals surface area contributed by atoms with Crippen molar-refractivity contribution in [2.45, 2.75) is 4.90 Å². The van der Waals surface area contributed by atoms with Gasteiger partial charge in [-0.05, 0) is 6.07 Å². The minimum absolute atomic E-state index is 0.697. The standard InChI is InChI=1S/C6H4NO5S/c8-7(9)5-3-1-2-4-6(5)13(10,11)12/h1-4H. The molecule has 0 amide bonds. The Kier molecular flexibility index (Phi) is 2.30. The van der Waals surface area contributed by atoms with E-state index in [1.807, 2.05) is 0 Å². The van der Waals surface area contributed by atoms with Gasteiger partial charge in [0.05, 0.1) is 4.92 Å². The lowest BCUT2D eigenvalue weighted by atomic mass is 10.3. The third-order valence-corrected chi connectivity index (χ3v) is 2.22. The van der Waals surface area contributed by atoms with Gasteiger partial charge in [0.1, 0.15) is 0 Å². The molecule has 0 saturated carbocycles. The molecule has 0 heterocycles. The van der Waals surface area contributed by atoms with Gasteiger partial charge in [-0.3, -0.25) is 10.1 Å². The van der Waals surface area contributed by atoms with Crippen LogP contribution in [0.2, 0.25) is 0 Å². The summed E-state index contributed by atoms with van der Waals surface area (Å²) in [6.07, 6.45) is 0. The first-order valence-corrected chi connectivity index (χ1v) is 4.53. The zero-order valence-electron chi connectivity index (χ0n) is 6.21. The fraction of sp³-hybridized carbons (Fsp3) is 0. The first-order chi connectivity index (χ1) is 5.93. The number of hydrogen-bond donors (Lipinski definition) is 0. The van der Waals surface area contributed by atoms with Crippen molar-refractivity contribution in [2.24, 2.45) is 0 Å². The molecule has 0 saturated heterocycles. The highest BCUT2D eigenvalue weighted by molar-refractivity contribution is 7.85. The summed E-state index contributed by atoms with van der Waals surface area (Å²) >= 11 is 0. The van der Waals surface area contributed by atoms with Crippen LogP contribution in [0, 0.1) is 10.1 Å². The van der Waals surface area contributed by atoms with Crippen molar-refractivity contribution in [2.75, 3.05) is 0 Å². The lowest BCUT2D eigenvalue weighted by Gasteiger charge is -1.95. The van der Waals surface area contributed by atoms with Crippen LogP contribution >= 0.6 is 0 Å². The second kappa shape index (κ2) is 3.11. The lowest BCUT2D eigenvalue weighted by Crippen LogP contribution is -2.01. The molecule has 0 N–H and O–H groups in total. The molecular formula is C6H4NO5S. The summed E-state index contributed by atoms with van der Waals surface area (Å²) in [5, 5.41) is 10.3. The Bertz CT molecular complexity index is 438. The van der Waals surface area contributed by atoms with Crippen LogP contribution in [0.4, 0.5) is 5.69 Å². The van der Waals surface area contributed by atoms with E-state index in [0.29, 0.717) is 0 Å². The molecule has 1 rings (SSSR count). The fourth-order valence-electron chi connectivity index (χ4n) is 0.819. The average molecular weight is 202 g/mol. The van der Waals surface area contributed by atoms with Crippen molar-refractivity contribution >= 4 is 15.8 Å². The maximum Gasteiger partial charge on any atom is 0.331 e. The predicted molar refractivity (Wildman–Crippen MR) is 41.0 cm³/mol. The number of nitro groups is 1. The molecule has 1 aromatic carbocycles. The van der Waals surface area contributed by atoms with E-state index in [1.54, 1.807) is 0 Å². The fourth-order valence-corrected chi connectivity index (χ4v) is 1.46. The van der Waals surface area contributed by atoms with Crippen molar-refractivity contribution in [1.82, 2.24) is 0 Å². The van der Waals surface area contributed by atoms with Gasteiger partial charge in [0.15, 0.2) is 4.90 Å². The summed E-state index contributed by atoms with van der Waals surface area (Å²) < 4.78 is 31.5. The molecule has 69 valence electrons. The zero-order chi connectivity index (χ0) is 10.1. The molecule has 7 heteroatoms. The largest absolute Gasteiger partial charge is 0.331 e. The van der Waals surface area contributed by atoms with Crippen molar-refractivity contribution in [3.63, 3.8) is 0 Å². The summed E-state index contributed by atoms with van der Waals surface area (Å²) in [5.41, 5.74) is -0.697. The second-order valence-electron chi connectivity index (χ2n) is 2.18. The molecule has 0 unspecified atom stereocenters. The quantitative estimate of drug-likeness (QED) is 0.521. The van der Waals surface area contributed by atoms with E-state index in [9.17, 15) is 23.1 Å². The van der Waals surface area contributed by atoms with E-state index in [1.165, 1.54) is 12.1 Å². The van der Waals surface area contributed by atoms with Gasteiger partial charge in [-0.1, -0.05) is 16.7 Å². The van der Waals surface area contributed by atoms with Gasteiger partial charge in [-0.15, -0.1) is 0 Å². The molecule has 0 aromatic heterocycles. The Morgan fingerprint density at radius 1 is 1.23 bits per heavy atom. The van der Waals surface area contributed by atoms with Gasteiger partial charge < -0.3 is 0 Å². The van der Waals surface area contributed by atoms with Gasteiger partial charge >= 0.3 is 10.1 Å². The zero-order valence-corrected chi connectivity index (χ0v) is 7.02. The number of rotatable bonds is 2. The van der Waals surface area contributed by atoms with Crippen LogP contribution in [0.3, 0.4) is 0 Å². The summed E-state index contributed by atoms with van der Waals surface area (Å²) in [7, 11) is -4.77. The average Bonchev–Trinajstić information content (AvgIpc) is 2.03. The molecule has 13 heavy (non-hydrogen) atoms. The van der Waals surface area contributed by atoms with E-state index in [2.05, 4.69) is 0 Å². The van der Waals surface area contributed by atoms with Gasteiger partial charge in [0, 0.05) is 6.07 Å². The van der Waals surface area contributed by atoms with Crippen LogP contribution in [0.1, 0.15) is 0 Å². The topological polar surface area (TPSA) is 97.2 Å². The van der Waals surface area contributed by atoms with E-state index in [-0.39, 0.29) is 0 Å². The SMILES string of the molecule is [O]S(=O)(=O)c1ccccc1[N+](=O)[O-]. The Hall–Kier alpha value is -1.47. The van der Waals surface area contributed by atoms with Crippen LogP contribution in [0.5, 0.6) is 0 Å². The lowest BCUT2D eigenvalue weighted by molar-refractivity contribution is -0.387. The molecule has 0 bridgehead atoms. The molecule has 0 aliphatic carbocycles. The van der Waals surface area contributed by atoms with Gasteiger partial charge in [0.2, 0.25) is 0 Å². The Morgan fingerprint density at radius 2 is 1.77 bits per heavy atom. The molecule has 0 aliphatic heterocycles. The van der Waals surface area contributed by atoms with Gasteiger partial charge in [0.25, 0.3) is 5.69 Å². The molecule has 0 fully saturated rings. The maximum absolute atomic E-state index is 10.5. The Balaban J connectivity index is 3.46. The van der Waals surface area contributed by atoms with Crippen molar-refractivity contribution in [3.05, 3.63) is 34.4 Å². The van der Waals surface area contributed by atoms with E-state index >= 15 is 0 Å². The predicted octanol–water partition coefficient (Wildman–Crippen LogP) is 0.714. The second-order valence-corrected chi connectivity index (χ2v) is 3.53. The third-order valence-electron chi connectivity index (χ3n) is 1.33. The van der Waals surface area contributed by atoms with Crippen molar-refractivity contribution < 1.29 is 17.9 Å². The minimum Gasteiger partial charge on any atom is -0.258 e. The van der Waals surface area contributed by atoms with Crippen molar-refractivity contribution in [3.8, 4) is 0 Å². The van der Waals surface area contributed by atoms with Gasteiger partial charge in [-0.2, -0.15) is 8.42 Å². The summed E-state index contributed by atoms with van der Waals surface area (Å²) in [6, 6.07) is 4.40. The third kappa shape index (κ3) is 2.01. The van der Waals surface area contributed by atoms with Crippen LogP contribution < -0.4 is 0 Å². The smallest absolute Gasteiger partial charge is 0.258 e. The van der Waals surface area contributed by atoms with Crippen LogP contribution in [-0.2, 0) is 14.7 Å². The first kappa shape index (κ1) is 9.62. The highest BCUT2D eigenvalue weighted by Gasteiger charge is 2.23. The van der Waals surface area contributed by atoms with Crippen LogP contribution in [0.15, 0.2) is 29.2 Å². The Labute approximate surface area is 73.7 Å². The Morgan fingerprint density at radius 3 is 2.15 bits per heavy atom. The molecule has 6 nitrogen and oxygen atoms in total. The summed E-state index contributed by atoms with van der Waals surface area (Å²) in [6.45, 7) is 0. The van der Waals surface area contributed by atoms with Gasteiger partial charge in [-0.25, -0.2) is 0 Å². The maximum atomic E-state index is 10.5. The number of nitro benzene ring substituents is 1. The minimum atomic E-state index is -4.77. The molecule has 0 atom stereocenters. The van der Waals surface area contributed by atoms with Crippen LogP contribution in [0.25, 0.3) is 0 Å². The summed E-state index contributed by atoms with van der Waals surface area (Å²) in [5.74, 6) is 0. The summed E-state index contributed by atoms with van der Waals surface area (Å²) in [4.78, 5) is 8.55. The van der Waals surface area contributed by atoms with E-state index in [0.717, 1.165) is 12.1 Å². The van der Waals surface area contributed by atoms with E-state index in [4.69, 9.17) is 0 Å².